The highest BCUT2D eigenvalue weighted by molar-refractivity contribution is 5.97. The highest BCUT2D eigenvalue weighted by atomic mass is 19.4. The summed E-state index contributed by atoms with van der Waals surface area (Å²) in [6, 6.07) is 9.02. The van der Waals surface area contributed by atoms with Gasteiger partial charge in [-0.05, 0) is 79.3 Å². The number of hydrogen-bond donors (Lipinski definition) is 1. The van der Waals surface area contributed by atoms with E-state index >= 15 is 0 Å². The quantitative estimate of drug-likeness (QED) is 0.627. The van der Waals surface area contributed by atoms with Crippen LogP contribution in [0.15, 0.2) is 48.8 Å². The van der Waals surface area contributed by atoms with E-state index in [0.717, 1.165) is 55.2 Å². The van der Waals surface area contributed by atoms with E-state index in [1.807, 2.05) is 23.1 Å². The van der Waals surface area contributed by atoms with Crippen LogP contribution in [0.5, 0.6) is 0 Å². The van der Waals surface area contributed by atoms with Gasteiger partial charge in [-0.3, -0.25) is 14.6 Å². The molecule has 1 saturated heterocycles. The maximum absolute atomic E-state index is 12.9. The Labute approximate surface area is 197 Å². The van der Waals surface area contributed by atoms with Crippen LogP contribution in [-0.2, 0) is 16.0 Å². The average Bonchev–Trinajstić information content (AvgIpc) is 2.85. The molecule has 8 heteroatoms. The summed E-state index contributed by atoms with van der Waals surface area (Å²) in [5.41, 5.74) is 3.77. The lowest BCUT2D eigenvalue weighted by atomic mass is 9.85. The first kappa shape index (κ1) is 24.0. The molecule has 0 bridgehead atoms. The zero-order valence-electron chi connectivity index (χ0n) is 18.9. The molecule has 0 saturated carbocycles. The maximum atomic E-state index is 12.9. The highest BCUT2D eigenvalue weighted by Crippen LogP contribution is 2.37. The van der Waals surface area contributed by atoms with Crippen LogP contribution in [0, 0.1) is 0 Å². The Bertz CT molecular complexity index is 1060. The van der Waals surface area contributed by atoms with Crippen molar-refractivity contribution in [2.45, 2.75) is 57.0 Å². The van der Waals surface area contributed by atoms with Crippen molar-refractivity contribution in [3.63, 3.8) is 0 Å². The number of carbonyl (C=O) groups is 2. The Morgan fingerprint density at radius 2 is 1.91 bits per heavy atom. The molecular formula is C26H28F3N3O2. The largest absolute Gasteiger partial charge is 0.471 e. The van der Waals surface area contributed by atoms with Gasteiger partial charge in [-0.2, -0.15) is 13.2 Å². The number of amides is 2. The lowest BCUT2D eigenvalue weighted by Crippen LogP contribution is -2.38. The molecule has 2 aromatic rings. The normalized spacial score (nSPS) is 17.3. The van der Waals surface area contributed by atoms with Gasteiger partial charge in [-0.25, -0.2) is 0 Å². The van der Waals surface area contributed by atoms with Crippen molar-refractivity contribution in [2.75, 3.05) is 18.4 Å². The number of carbonyl (C=O) groups excluding carboxylic acids is 2. The first-order valence-electron chi connectivity index (χ1n) is 11.7. The van der Waals surface area contributed by atoms with Crippen molar-refractivity contribution in [1.82, 2.24) is 9.88 Å². The van der Waals surface area contributed by atoms with Crippen LogP contribution in [0.3, 0.4) is 0 Å². The number of piperidine rings is 1. The first-order chi connectivity index (χ1) is 16.3. The van der Waals surface area contributed by atoms with Gasteiger partial charge in [0.05, 0.1) is 6.42 Å². The van der Waals surface area contributed by atoms with Crippen LogP contribution in [0.25, 0.3) is 5.57 Å². The predicted molar refractivity (Wildman–Crippen MR) is 124 cm³/mol. The molecule has 1 aromatic carbocycles. The molecule has 1 aliphatic heterocycles. The second-order valence-corrected chi connectivity index (χ2v) is 8.93. The summed E-state index contributed by atoms with van der Waals surface area (Å²) in [6.45, 7) is 1.27. The minimum atomic E-state index is -4.94. The van der Waals surface area contributed by atoms with E-state index < -0.39 is 12.1 Å². The molecule has 0 atom stereocenters. The monoisotopic (exact) mass is 471 g/mol. The Morgan fingerprint density at radius 1 is 1.12 bits per heavy atom. The van der Waals surface area contributed by atoms with Crippen molar-refractivity contribution in [2.24, 2.45) is 0 Å². The lowest BCUT2D eigenvalue weighted by molar-refractivity contribution is -0.167. The van der Waals surface area contributed by atoms with Gasteiger partial charge in [0.15, 0.2) is 0 Å². The number of nitrogens with one attached hydrogen (secondary N) is 1. The van der Waals surface area contributed by atoms with Crippen LogP contribution in [0.1, 0.15) is 61.1 Å². The minimum Gasteiger partial charge on any atom is -0.342 e. The molecule has 1 N–H and O–H groups in total. The highest BCUT2D eigenvalue weighted by Gasteiger charge is 2.39. The molecule has 0 spiro atoms. The zero-order valence-corrected chi connectivity index (χ0v) is 18.9. The van der Waals surface area contributed by atoms with Crippen molar-refractivity contribution in [3.8, 4) is 0 Å². The smallest absolute Gasteiger partial charge is 0.342 e. The number of benzene rings is 1. The summed E-state index contributed by atoms with van der Waals surface area (Å²) in [4.78, 5) is 30.2. The molecule has 0 radical (unpaired) electrons. The number of aromatic nitrogens is 1. The van der Waals surface area contributed by atoms with Gasteiger partial charge in [-0.15, -0.1) is 0 Å². The van der Waals surface area contributed by atoms with E-state index in [0.29, 0.717) is 25.1 Å². The third-order valence-electron chi connectivity index (χ3n) is 6.58. The number of nitrogens with zero attached hydrogens (tertiary/aromatic N) is 2. The van der Waals surface area contributed by atoms with Crippen molar-refractivity contribution in [1.29, 1.82) is 0 Å². The fourth-order valence-corrected chi connectivity index (χ4v) is 4.72. The van der Waals surface area contributed by atoms with Crippen molar-refractivity contribution < 1.29 is 22.8 Å². The lowest BCUT2D eigenvalue weighted by Gasteiger charge is -2.33. The van der Waals surface area contributed by atoms with E-state index in [4.69, 9.17) is 0 Å². The molecule has 2 amide bonds. The number of likely N-dealkylation sites (tertiary alicyclic amines) is 1. The number of anilines is 1. The number of allylic oxidation sites excluding steroid dienone is 2. The van der Waals surface area contributed by atoms with E-state index in [1.54, 1.807) is 24.5 Å². The van der Waals surface area contributed by atoms with Gasteiger partial charge in [0.25, 0.3) is 0 Å². The number of halogens is 3. The maximum Gasteiger partial charge on any atom is 0.471 e. The van der Waals surface area contributed by atoms with E-state index in [-0.39, 0.29) is 17.5 Å². The molecule has 1 aromatic heterocycles. The molecule has 1 fully saturated rings. The first-order valence-corrected chi connectivity index (χ1v) is 11.7. The molecule has 2 heterocycles. The third kappa shape index (κ3) is 5.85. The van der Waals surface area contributed by atoms with Crippen LogP contribution < -0.4 is 5.32 Å². The van der Waals surface area contributed by atoms with Gasteiger partial charge >= 0.3 is 12.1 Å². The second kappa shape index (κ2) is 10.4. The van der Waals surface area contributed by atoms with Crippen LogP contribution in [0.2, 0.25) is 0 Å². The topological polar surface area (TPSA) is 62.3 Å². The number of alkyl halides is 3. The van der Waals surface area contributed by atoms with Gasteiger partial charge in [0.1, 0.15) is 0 Å². The Balaban J connectivity index is 1.47. The molecule has 34 heavy (non-hydrogen) atoms. The number of hydrogen-bond acceptors (Lipinski definition) is 3. The van der Waals surface area contributed by atoms with Gasteiger partial charge in [0, 0.05) is 36.7 Å². The van der Waals surface area contributed by atoms with Gasteiger partial charge in [0.2, 0.25) is 5.91 Å². The second-order valence-electron chi connectivity index (χ2n) is 8.93. The SMILES string of the molecule is O=C(Cc1cccnc1)N1CCC(c2ccc(NC(=O)C(F)(F)F)c(C3=CCCCC3)c2)CC1. The average molecular weight is 472 g/mol. The van der Waals surface area contributed by atoms with Crippen LogP contribution >= 0.6 is 0 Å². The molecule has 5 nitrogen and oxygen atoms in total. The number of pyridine rings is 1. The summed E-state index contributed by atoms with van der Waals surface area (Å²) in [5.74, 6) is -1.68. The van der Waals surface area contributed by atoms with E-state index in [1.165, 1.54) is 0 Å². The number of rotatable bonds is 5. The third-order valence-corrected chi connectivity index (χ3v) is 6.58. The fraction of sp³-hybridized carbons (Fsp3) is 0.423. The fourth-order valence-electron chi connectivity index (χ4n) is 4.72. The van der Waals surface area contributed by atoms with E-state index in [2.05, 4.69) is 16.4 Å². The van der Waals surface area contributed by atoms with Gasteiger partial charge < -0.3 is 10.2 Å². The van der Waals surface area contributed by atoms with Crippen LogP contribution in [-0.4, -0.2) is 41.0 Å². The van der Waals surface area contributed by atoms with Crippen LogP contribution in [0.4, 0.5) is 18.9 Å². The zero-order chi connectivity index (χ0) is 24.1. The minimum absolute atomic E-state index is 0.0738. The standard InChI is InChI=1S/C26H28F3N3O2/c27-26(28,29)25(34)31-23-9-8-21(16-22(23)20-6-2-1-3-7-20)19-10-13-32(14-11-19)24(33)15-18-5-4-12-30-17-18/h4-6,8-9,12,16-17,19H,1-3,7,10-11,13-15H2,(H,31,34). The molecular weight excluding hydrogens is 443 g/mol. The van der Waals surface area contributed by atoms with Crippen molar-refractivity contribution in [3.05, 3.63) is 65.5 Å². The van der Waals surface area contributed by atoms with Gasteiger partial charge in [-0.1, -0.05) is 18.2 Å². The van der Waals surface area contributed by atoms with Crippen molar-refractivity contribution >= 4 is 23.1 Å². The Morgan fingerprint density at radius 3 is 2.56 bits per heavy atom. The molecule has 2 aliphatic rings. The molecule has 1 aliphatic carbocycles. The predicted octanol–water partition coefficient (Wildman–Crippen LogP) is 5.49. The molecule has 4 rings (SSSR count). The Hall–Kier alpha value is -3.16. The molecule has 180 valence electrons. The summed E-state index contributed by atoms with van der Waals surface area (Å²) in [5, 5.41) is 2.06. The summed E-state index contributed by atoms with van der Waals surface area (Å²) in [6.07, 6.45) is 6.07. The summed E-state index contributed by atoms with van der Waals surface area (Å²) >= 11 is 0. The van der Waals surface area contributed by atoms with E-state index in [9.17, 15) is 22.8 Å². The summed E-state index contributed by atoms with van der Waals surface area (Å²) < 4.78 is 38.6. The Kier molecular flexibility index (Phi) is 7.34. The summed E-state index contributed by atoms with van der Waals surface area (Å²) in [7, 11) is 0. The molecule has 0 unspecified atom stereocenters.